The molecule has 1 aromatic rings. The predicted molar refractivity (Wildman–Crippen MR) is 51.1 cm³/mol. The molecule has 0 aromatic heterocycles. The number of hydrogen-bond donors (Lipinski definition) is 2. The van der Waals surface area contributed by atoms with Gasteiger partial charge in [0, 0.05) is 0 Å². The number of hydrogen-bond acceptors (Lipinski definition) is 3. The summed E-state index contributed by atoms with van der Waals surface area (Å²) >= 11 is 0. The molecule has 0 radical (unpaired) electrons. The second-order valence-corrected chi connectivity index (χ2v) is 2.93. The van der Waals surface area contributed by atoms with Crippen LogP contribution in [-0.2, 0) is 4.79 Å². The average Bonchev–Trinajstić information content (AvgIpc) is 2.18. The summed E-state index contributed by atoms with van der Waals surface area (Å²) in [6, 6.07) is 5.68. The lowest BCUT2D eigenvalue weighted by Gasteiger charge is -2.10. The molecule has 80 valence electrons. The summed E-state index contributed by atoms with van der Waals surface area (Å²) in [5.74, 6) is -1.95. The number of carbonyl (C=O) groups is 2. The smallest absolute Gasteiger partial charge is 0.344 e. The Morgan fingerprint density at radius 3 is 2.53 bits per heavy atom. The number of benzene rings is 1. The van der Waals surface area contributed by atoms with Crippen molar-refractivity contribution in [1.29, 1.82) is 0 Å². The van der Waals surface area contributed by atoms with E-state index in [4.69, 9.17) is 14.9 Å². The molecule has 0 saturated carbocycles. The molecule has 1 aromatic carbocycles. The number of aromatic carboxylic acids is 1. The van der Waals surface area contributed by atoms with Crippen LogP contribution in [0, 0.1) is 0 Å². The molecular weight excluding hydrogens is 200 g/mol. The fourth-order valence-corrected chi connectivity index (χ4v) is 0.957. The summed E-state index contributed by atoms with van der Waals surface area (Å²) in [5.41, 5.74) is 0.0603. The van der Waals surface area contributed by atoms with Gasteiger partial charge in [0.05, 0.1) is 5.56 Å². The molecule has 5 heteroatoms. The molecule has 1 atom stereocenters. The van der Waals surface area contributed by atoms with Gasteiger partial charge in [-0.1, -0.05) is 6.07 Å². The van der Waals surface area contributed by atoms with Gasteiger partial charge < -0.3 is 14.9 Å². The van der Waals surface area contributed by atoms with E-state index in [1.165, 1.54) is 31.2 Å². The minimum Gasteiger partial charge on any atom is -0.479 e. The van der Waals surface area contributed by atoms with Crippen LogP contribution >= 0.6 is 0 Å². The van der Waals surface area contributed by atoms with E-state index < -0.39 is 18.0 Å². The molecule has 0 bridgehead atoms. The third-order valence-corrected chi connectivity index (χ3v) is 1.74. The minimum absolute atomic E-state index is 0.0603. The van der Waals surface area contributed by atoms with E-state index in [1.807, 2.05) is 0 Å². The number of aliphatic carboxylic acids is 1. The first-order chi connectivity index (χ1) is 7.00. The third-order valence-electron chi connectivity index (χ3n) is 1.74. The van der Waals surface area contributed by atoms with E-state index in [0.29, 0.717) is 0 Å². The maximum Gasteiger partial charge on any atom is 0.344 e. The van der Waals surface area contributed by atoms with Crippen molar-refractivity contribution in [2.75, 3.05) is 0 Å². The quantitative estimate of drug-likeness (QED) is 0.780. The summed E-state index contributed by atoms with van der Waals surface area (Å²) in [6.07, 6.45) is -1.01. The Bertz CT molecular complexity index is 385. The highest BCUT2D eigenvalue weighted by atomic mass is 16.5. The van der Waals surface area contributed by atoms with Gasteiger partial charge in [0.25, 0.3) is 0 Å². The highest BCUT2D eigenvalue weighted by Gasteiger charge is 2.13. The second-order valence-electron chi connectivity index (χ2n) is 2.93. The standard InChI is InChI=1S/C10H10O5/c1-6(9(11)12)15-8-4-2-3-7(5-8)10(13)14/h2-6H,1H3,(H,11,12)(H,13,14). The SMILES string of the molecule is CC(Oc1cccc(C(=O)O)c1)C(=O)O. The van der Waals surface area contributed by atoms with Crippen molar-refractivity contribution in [2.24, 2.45) is 0 Å². The number of rotatable bonds is 4. The van der Waals surface area contributed by atoms with Crippen LogP contribution in [0.1, 0.15) is 17.3 Å². The van der Waals surface area contributed by atoms with Crippen LogP contribution in [0.5, 0.6) is 5.75 Å². The van der Waals surface area contributed by atoms with Gasteiger partial charge in [0.15, 0.2) is 6.10 Å². The van der Waals surface area contributed by atoms with Crippen LogP contribution < -0.4 is 4.74 Å². The number of carboxylic acids is 2. The maximum atomic E-state index is 10.6. The number of ether oxygens (including phenoxy) is 1. The molecule has 0 saturated heterocycles. The van der Waals surface area contributed by atoms with Gasteiger partial charge in [0.2, 0.25) is 0 Å². The molecule has 0 aliphatic rings. The lowest BCUT2D eigenvalue weighted by molar-refractivity contribution is -0.144. The van der Waals surface area contributed by atoms with Gasteiger partial charge in [-0.25, -0.2) is 9.59 Å². The molecule has 15 heavy (non-hydrogen) atoms. The van der Waals surface area contributed by atoms with E-state index in [1.54, 1.807) is 0 Å². The molecule has 2 N–H and O–H groups in total. The topological polar surface area (TPSA) is 83.8 Å². The predicted octanol–water partition coefficient (Wildman–Crippen LogP) is 1.24. The summed E-state index contributed by atoms with van der Waals surface area (Å²) in [6.45, 7) is 1.37. The Kier molecular flexibility index (Phi) is 3.28. The van der Waals surface area contributed by atoms with Crippen molar-refractivity contribution < 1.29 is 24.5 Å². The van der Waals surface area contributed by atoms with Gasteiger partial charge in [0.1, 0.15) is 5.75 Å². The summed E-state index contributed by atoms with van der Waals surface area (Å²) in [7, 11) is 0. The zero-order valence-corrected chi connectivity index (χ0v) is 8.01. The van der Waals surface area contributed by atoms with Crippen LogP contribution in [0.4, 0.5) is 0 Å². The fraction of sp³-hybridized carbons (Fsp3) is 0.200. The van der Waals surface area contributed by atoms with Crippen molar-refractivity contribution in [2.45, 2.75) is 13.0 Å². The molecule has 5 nitrogen and oxygen atoms in total. The largest absolute Gasteiger partial charge is 0.479 e. The van der Waals surface area contributed by atoms with Gasteiger partial charge in [-0.3, -0.25) is 0 Å². The summed E-state index contributed by atoms with van der Waals surface area (Å²) in [5, 5.41) is 17.3. The molecule has 0 fully saturated rings. The summed E-state index contributed by atoms with van der Waals surface area (Å²) < 4.78 is 5.00. The van der Waals surface area contributed by atoms with Crippen molar-refractivity contribution >= 4 is 11.9 Å². The molecular formula is C10H10O5. The Morgan fingerprint density at radius 1 is 1.33 bits per heavy atom. The molecule has 0 aliphatic carbocycles. The highest BCUT2D eigenvalue weighted by molar-refractivity contribution is 5.88. The monoisotopic (exact) mass is 210 g/mol. The van der Waals surface area contributed by atoms with Gasteiger partial charge >= 0.3 is 11.9 Å². The Morgan fingerprint density at radius 2 is 2.00 bits per heavy atom. The first kappa shape index (κ1) is 11.0. The maximum absolute atomic E-state index is 10.6. The third kappa shape index (κ3) is 2.98. The van der Waals surface area contributed by atoms with E-state index in [0.717, 1.165) is 0 Å². The van der Waals surface area contributed by atoms with E-state index >= 15 is 0 Å². The van der Waals surface area contributed by atoms with Crippen molar-refractivity contribution in [3.63, 3.8) is 0 Å². The van der Waals surface area contributed by atoms with Gasteiger partial charge in [-0.05, 0) is 25.1 Å². The van der Waals surface area contributed by atoms with Crippen LogP contribution in [0.3, 0.4) is 0 Å². The van der Waals surface area contributed by atoms with Crippen LogP contribution in [-0.4, -0.2) is 28.3 Å². The normalized spacial score (nSPS) is 11.8. The molecule has 0 amide bonds. The molecule has 0 aliphatic heterocycles. The number of carboxylic acid groups (broad SMARTS) is 2. The molecule has 0 heterocycles. The zero-order valence-electron chi connectivity index (χ0n) is 8.01. The van der Waals surface area contributed by atoms with E-state index in [9.17, 15) is 9.59 Å². The molecule has 1 unspecified atom stereocenters. The van der Waals surface area contributed by atoms with Crippen molar-refractivity contribution in [3.8, 4) is 5.75 Å². The van der Waals surface area contributed by atoms with Crippen LogP contribution in [0.25, 0.3) is 0 Å². The summed E-state index contributed by atoms with van der Waals surface area (Å²) in [4.78, 5) is 21.1. The van der Waals surface area contributed by atoms with Gasteiger partial charge in [-0.15, -0.1) is 0 Å². The molecule has 1 rings (SSSR count). The Hall–Kier alpha value is -2.04. The Labute approximate surface area is 85.9 Å². The van der Waals surface area contributed by atoms with Crippen molar-refractivity contribution in [3.05, 3.63) is 29.8 Å². The van der Waals surface area contributed by atoms with Crippen molar-refractivity contribution in [1.82, 2.24) is 0 Å². The first-order valence-corrected chi connectivity index (χ1v) is 4.23. The highest BCUT2D eigenvalue weighted by Crippen LogP contribution is 2.14. The van der Waals surface area contributed by atoms with E-state index in [2.05, 4.69) is 0 Å². The van der Waals surface area contributed by atoms with E-state index in [-0.39, 0.29) is 11.3 Å². The average molecular weight is 210 g/mol. The first-order valence-electron chi connectivity index (χ1n) is 4.23. The minimum atomic E-state index is -1.10. The fourth-order valence-electron chi connectivity index (χ4n) is 0.957. The lowest BCUT2D eigenvalue weighted by Crippen LogP contribution is -2.22. The lowest BCUT2D eigenvalue weighted by atomic mass is 10.2. The second kappa shape index (κ2) is 4.45. The van der Waals surface area contributed by atoms with Gasteiger partial charge in [-0.2, -0.15) is 0 Å². The Balaban J connectivity index is 2.82. The molecule has 0 spiro atoms. The zero-order chi connectivity index (χ0) is 11.4. The van der Waals surface area contributed by atoms with Crippen LogP contribution in [0.15, 0.2) is 24.3 Å². The van der Waals surface area contributed by atoms with Crippen LogP contribution in [0.2, 0.25) is 0 Å².